The van der Waals surface area contributed by atoms with E-state index in [0.717, 1.165) is 26.3 Å². The van der Waals surface area contributed by atoms with Crippen molar-refractivity contribution in [1.29, 1.82) is 0 Å². The van der Waals surface area contributed by atoms with Crippen molar-refractivity contribution < 1.29 is 15.0 Å². The molecule has 5 nitrogen and oxygen atoms in total. The van der Waals surface area contributed by atoms with E-state index in [1.54, 1.807) is 17.4 Å². The maximum atomic E-state index is 10.9. The van der Waals surface area contributed by atoms with Crippen LogP contribution in [0.4, 0.5) is 0 Å². The highest BCUT2D eigenvalue weighted by molar-refractivity contribution is 7.16. The zero-order valence-corrected chi connectivity index (χ0v) is 13.5. The molecule has 0 aliphatic heterocycles. The monoisotopic (exact) mass is 332 g/mol. The number of phenols is 1. The molecule has 0 atom stereocenters. The molecule has 0 amide bonds. The standard InChI is InChI=1S/C15H12N2O3S2/c1-7-13(22-8(2)16-7)11-6-21-14(17-11)9-3-4-10(15(19)20)12(18)5-9/h3-6,18H,1-2H3,(H,19,20). The van der Waals surface area contributed by atoms with Gasteiger partial charge >= 0.3 is 5.97 Å². The molecule has 0 saturated heterocycles. The van der Waals surface area contributed by atoms with E-state index in [0.29, 0.717) is 5.56 Å². The number of carbonyl (C=O) groups is 1. The lowest BCUT2D eigenvalue weighted by Gasteiger charge is -2.01. The first-order valence-electron chi connectivity index (χ1n) is 6.42. The number of rotatable bonds is 3. The minimum absolute atomic E-state index is 0.116. The maximum Gasteiger partial charge on any atom is 0.339 e. The molecule has 0 saturated carbocycles. The summed E-state index contributed by atoms with van der Waals surface area (Å²) in [5.41, 5.74) is 2.38. The van der Waals surface area contributed by atoms with E-state index in [1.807, 2.05) is 19.2 Å². The Morgan fingerprint density at radius 3 is 2.59 bits per heavy atom. The van der Waals surface area contributed by atoms with Crippen molar-refractivity contribution in [2.45, 2.75) is 13.8 Å². The molecular formula is C15H12N2O3S2. The van der Waals surface area contributed by atoms with Gasteiger partial charge in [-0.2, -0.15) is 0 Å². The Balaban J connectivity index is 1.99. The van der Waals surface area contributed by atoms with E-state index in [1.165, 1.54) is 23.5 Å². The van der Waals surface area contributed by atoms with Crippen molar-refractivity contribution in [3.05, 3.63) is 39.8 Å². The maximum absolute atomic E-state index is 10.9. The number of benzene rings is 1. The topological polar surface area (TPSA) is 83.3 Å². The highest BCUT2D eigenvalue weighted by Gasteiger charge is 2.15. The van der Waals surface area contributed by atoms with Crippen molar-refractivity contribution in [2.75, 3.05) is 0 Å². The lowest BCUT2D eigenvalue weighted by atomic mass is 10.1. The molecule has 2 aromatic heterocycles. The number of thiazole rings is 2. The molecule has 0 bridgehead atoms. The number of hydrogen-bond acceptors (Lipinski definition) is 6. The van der Waals surface area contributed by atoms with Crippen LogP contribution >= 0.6 is 22.7 Å². The van der Waals surface area contributed by atoms with Crippen LogP contribution in [0.15, 0.2) is 23.6 Å². The van der Waals surface area contributed by atoms with Gasteiger partial charge in [0.15, 0.2) is 0 Å². The molecular weight excluding hydrogens is 320 g/mol. The lowest BCUT2D eigenvalue weighted by Crippen LogP contribution is -1.96. The number of aryl methyl sites for hydroxylation is 2. The number of hydrogen-bond donors (Lipinski definition) is 2. The fourth-order valence-corrected chi connectivity index (χ4v) is 3.89. The third-order valence-corrected chi connectivity index (χ3v) is 5.10. The zero-order valence-electron chi connectivity index (χ0n) is 11.8. The summed E-state index contributed by atoms with van der Waals surface area (Å²) in [7, 11) is 0. The van der Waals surface area contributed by atoms with Gasteiger partial charge in [-0.1, -0.05) is 6.07 Å². The number of carboxylic acids is 1. The summed E-state index contributed by atoms with van der Waals surface area (Å²) in [5, 5.41) is 22.4. The van der Waals surface area contributed by atoms with E-state index >= 15 is 0 Å². The molecule has 0 unspecified atom stereocenters. The molecule has 1 aromatic carbocycles. The third kappa shape index (κ3) is 2.60. The van der Waals surface area contributed by atoms with Crippen molar-refractivity contribution in [3.8, 4) is 26.9 Å². The van der Waals surface area contributed by atoms with E-state index in [4.69, 9.17) is 5.11 Å². The van der Waals surface area contributed by atoms with Gasteiger partial charge in [-0.3, -0.25) is 0 Å². The Hall–Kier alpha value is -2.25. The van der Waals surface area contributed by atoms with Crippen molar-refractivity contribution >= 4 is 28.6 Å². The van der Waals surface area contributed by atoms with Crippen LogP contribution in [0.2, 0.25) is 0 Å². The normalized spacial score (nSPS) is 10.8. The van der Waals surface area contributed by atoms with Gasteiger partial charge in [-0.05, 0) is 26.0 Å². The van der Waals surface area contributed by atoms with Crippen molar-refractivity contribution in [1.82, 2.24) is 9.97 Å². The Bertz CT molecular complexity index is 868. The van der Waals surface area contributed by atoms with Gasteiger partial charge in [0, 0.05) is 10.9 Å². The summed E-state index contributed by atoms with van der Waals surface area (Å²) < 4.78 is 0. The van der Waals surface area contributed by atoms with E-state index in [2.05, 4.69) is 9.97 Å². The first-order valence-corrected chi connectivity index (χ1v) is 8.12. The van der Waals surface area contributed by atoms with Gasteiger partial charge < -0.3 is 10.2 Å². The predicted octanol–water partition coefficient (Wildman–Crippen LogP) is 3.95. The number of nitrogens with zero attached hydrogens (tertiary/aromatic N) is 2. The quantitative estimate of drug-likeness (QED) is 0.758. The summed E-state index contributed by atoms with van der Waals surface area (Å²) in [4.78, 5) is 20.9. The Morgan fingerprint density at radius 1 is 1.23 bits per heavy atom. The fourth-order valence-electron chi connectivity index (χ4n) is 2.13. The van der Waals surface area contributed by atoms with Crippen LogP contribution in [0.3, 0.4) is 0 Å². The molecule has 2 heterocycles. The SMILES string of the molecule is Cc1nc(C)c(-c2csc(-c3ccc(C(=O)O)c(O)c3)n2)s1. The van der Waals surface area contributed by atoms with Crippen molar-refractivity contribution in [2.24, 2.45) is 0 Å². The molecule has 0 spiro atoms. The number of aromatic nitrogens is 2. The second-order valence-corrected chi connectivity index (χ2v) is 6.78. The van der Waals surface area contributed by atoms with Crippen LogP contribution in [-0.2, 0) is 0 Å². The average Bonchev–Trinajstić information content (AvgIpc) is 3.04. The molecule has 0 fully saturated rings. The molecule has 2 N–H and O–H groups in total. The van der Waals surface area contributed by atoms with Crippen LogP contribution < -0.4 is 0 Å². The summed E-state index contributed by atoms with van der Waals surface area (Å²) in [6, 6.07) is 4.46. The second kappa shape index (κ2) is 5.51. The van der Waals surface area contributed by atoms with E-state index in [-0.39, 0.29) is 11.3 Å². The van der Waals surface area contributed by atoms with Crippen LogP contribution in [-0.4, -0.2) is 26.2 Å². The molecule has 22 heavy (non-hydrogen) atoms. The highest BCUT2D eigenvalue weighted by atomic mass is 32.1. The Morgan fingerprint density at radius 2 is 2.00 bits per heavy atom. The summed E-state index contributed by atoms with van der Waals surface area (Å²) >= 11 is 3.04. The Labute approximate surface area is 134 Å². The van der Waals surface area contributed by atoms with Gasteiger partial charge in [0.05, 0.1) is 21.3 Å². The van der Waals surface area contributed by atoms with Gasteiger partial charge in [0.25, 0.3) is 0 Å². The highest BCUT2D eigenvalue weighted by Crippen LogP contribution is 2.35. The second-order valence-electron chi connectivity index (χ2n) is 4.72. The number of aromatic carboxylic acids is 1. The first-order chi connectivity index (χ1) is 10.5. The van der Waals surface area contributed by atoms with Crippen LogP contribution in [0.25, 0.3) is 21.1 Å². The molecule has 112 valence electrons. The Kier molecular flexibility index (Phi) is 3.67. The minimum atomic E-state index is -1.15. The third-order valence-electron chi connectivity index (χ3n) is 3.12. The molecule has 3 rings (SSSR count). The average molecular weight is 332 g/mol. The van der Waals surface area contributed by atoms with Gasteiger partial charge in [-0.15, -0.1) is 22.7 Å². The minimum Gasteiger partial charge on any atom is -0.507 e. The van der Waals surface area contributed by atoms with Gasteiger partial charge in [0.2, 0.25) is 0 Å². The van der Waals surface area contributed by atoms with Gasteiger partial charge in [0.1, 0.15) is 16.3 Å². The molecule has 7 heteroatoms. The molecule has 0 radical (unpaired) electrons. The summed E-state index contributed by atoms with van der Waals surface area (Å²) in [5.74, 6) is -1.41. The molecule has 0 aliphatic carbocycles. The van der Waals surface area contributed by atoms with E-state index < -0.39 is 5.97 Å². The van der Waals surface area contributed by atoms with Gasteiger partial charge in [-0.25, -0.2) is 14.8 Å². The van der Waals surface area contributed by atoms with Crippen LogP contribution in [0.5, 0.6) is 5.75 Å². The summed E-state index contributed by atoms with van der Waals surface area (Å²) in [6.07, 6.45) is 0. The first kappa shape index (κ1) is 14.7. The largest absolute Gasteiger partial charge is 0.507 e. The smallest absolute Gasteiger partial charge is 0.339 e. The van der Waals surface area contributed by atoms with Crippen LogP contribution in [0, 0.1) is 13.8 Å². The lowest BCUT2D eigenvalue weighted by molar-refractivity contribution is 0.0694. The molecule has 3 aromatic rings. The van der Waals surface area contributed by atoms with E-state index in [9.17, 15) is 9.90 Å². The number of carboxylic acid groups (broad SMARTS) is 1. The zero-order chi connectivity index (χ0) is 15.9. The van der Waals surface area contributed by atoms with Crippen LogP contribution in [0.1, 0.15) is 21.1 Å². The summed E-state index contributed by atoms with van der Waals surface area (Å²) in [6.45, 7) is 3.91. The van der Waals surface area contributed by atoms with Crippen molar-refractivity contribution in [3.63, 3.8) is 0 Å². The molecule has 0 aliphatic rings. The fraction of sp³-hybridized carbons (Fsp3) is 0.133. The number of aromatic hydroxyl groups is 1. The predicted molar refractivity (Wildman–Crippen MR) is 86.8 cm³/mol.